The lowest BCUT2D eigenvalue weighted by Gasteiger charge is -2.38. The molecule has 0 bridgehead atoms. The van der Waals surface area contributed by atoms with E-state index in [9.17, 15) is 30.2 Å². The van der Waals surface area contributed by atoms with Crippen LogP contribution in [0.25, 0.3) is 0 Å². The van der Waals surface area contributed by atoms with Gasteiger partial charge in [-0.15, -0.1) is 0 Å². The number of carboxylic acid groups (broad SMARTS) is 1. The van der Waals surface area contributed by atoms with Gasteiger partial charge in [-0.2, -0.15) is 0 Å². The standard InChI is InChI=1S/C12H13NO9/c14-7-8(15)10(11(17)18)22-12(9(7)16)21-6-3-1-5(2-4-6)13(19)20/h1-4,7-10,12,14-16H,(H,17,18)/t7-,8+,9+,10-,12+/m1/s1. The molecule has 0 aliphatic carbocycles. The average Bonchev–Trinajstić information content (AvgIpc) is 2.48. The number of ether oxygens (including phenoxy) is 2. The molecule has 0 radical (unpaired) electrons. The Kier molecular flexibility index (Phi) is 4.56. The van der Waals surface area contributed by atoms with Crippen molar-refractivity contribution in [3.63, 3.8) is 0 Å². The van der Waals surface area contributed by atoms with Crippen LogP contribution in [0.2, 0.25) is 0 Å². The number of nitro groups is 1. The third-order valence-electron chi connectivity index (χ3n) is 3.11. The Morgan fingerprint density at radius 1 is 1.14 bits per heavy atom. The summed E-state index contributed by atoms with van der Waals surface area (Å²) in [5, 5.41) is 48.3. The number of aliphatic carboxylic acids is 1. The number of aliphatic hydroxyl groups excluding tert-OH is 3. The largest absolute Gasteiger partial charge is 0.479 e. The zero-order chi connectivity index (χ0) is 16.4. The van der Waals surface area contributed by atoms with Crippen LogP contribution in [-0.4, -0.2) is 62.0 Å². The molecule has 5 atom stereocenters. The number of nitrogens with zero attached hydrogens (tertiary/aromatic N) is 1. The van der Waals surface area contributed by atoms with E-state index in [1.165, 1.54) is 12.1 Å². The van der Waals surface area contributed by atoms with Gasteiger partial charge in [-0.1, -0.05) is 0 Å². The molecule has 1 fully saturated rings. The van der Waals surface area contributed by atoms with Gasteiger partial charge in [-0.25, -0.2) is 4.79 Å². The lowest BCUT2D eigenvalue weighted by atomic mass is 9.99. The first-order valence-corrected chi connectivity index (χ1v) is 6.15. The molecule has 1 aliphatic rings. The number of benzene rings is 1. The van der Waals surface area contributed by atoms with E-state index >= 15 is 0 Å². The van der Waals surface area contributed by atoms with Crippen molar-refractivity contribution in [3.05, 3.63) is 34.4 Å². The number of carboxylic acids is 1. The SMILES string of the molecule is O=C(O)[C@@H]1O[C@H](Oc2ccc([N+](=O)[O-])cc2)[C@@H](O)[C@H](O)[C@@H]1O. The Morgan fingerprint density at radius 2 is 1.73 bits per heavy atom. The summed E-state index contributed by atoms with van der Waals surface area (Å²) in [7, 11) is 0. The minimum Gasteiger partial charge on any atom is -0.479 e. The maximum Gasteiger partial charge on any atom is 0.335 e. The minimum absolute atomic E-state index is 0.0578. The molecular formula is C12H13NO9. The van der Waals surface area contributed by atoms with E-state index in [2.05, 4.69) is 0 Å². The molecule has 0 unspecified atom stereocenters. The van der Waals surface area contributed by atoms with Crippen molar-refractivity contribution in [1.82, 2.24) is 0 Å². The van der Waals surface area contributed by atoms with Gasteiger partial charge < -0.3 is 29.9 Å². The molecule has 4 N–H and O–H groups in total. The molecular weight excluding hydrogens is 302 g/mol. The van der Waals surface area contributed by atoms with Crippen LogP contribution in [0.15, 0.2) is 24.3 Å². The molecule has 1 aromatic carbocycles. The van der Waals surface area contributed by atoms with Gasteiger partial charge in [0.15, 0.2) is 6.10 Å². The summed E-state index contributed by atoms with van der Waals surface area (Å²) < 4.78 is 10.1. The van der Waals surface area contributed by atoms with E-state index in [0.717, 1.165) is 12.1 Å². The van der Waals surface area contributed by atoms with Crippen LogP contribution in [0.5, 0.6) is 5.75 Å². The fraction of sp³-hybridized carbons (Fsp3) is 0.417. The number of hydrogen-bond donors (Lipinski definition) is 4. The first-order valence-electron chi connectivity index (χ1n) is 6.15. The quantitative estimate of drug-likeness (QED) is 0.398. The number of non-ortho nitro benzene ring substituents is 1. The molecule has 1 aliphatic heterocycles. The number of rotatable bonds is 4. The Balaban J connectivity index is 2.13. The van der Waals surface area contributed by atoms with Crippen LogP contribution in [0.3, 0.4) is 0 Å². The van der Waals surface area contributed by atoms with Crippen molar-refractivity contribution >= 4 is 11.7 Å². The molecule has 10 heteroatoms. The third-order valence-corrected chi connectivity index (χ3v) is 3.11. The highest BCUT2D eigenvalue weighted by atomic mass is 16.7. The van der Waals surface area contributed by atoms with Crippen LogP contribution in [0.1, 0.15) is 0 Å². The predicted molar refractivity (Wildman–Crippen MR) is 68.0 cm³/mol. The van der Waals surface area contributed by atoms with Gasteiger partial charge in [-0.05, 0) is 12.1 Å². The first kappa shape index (κ1) is 16.1. The van der Waals surface area contributed by atoms with Gasteiger partial charge in [-0.3, -0.25) is 10.1 Å². The van der Waals surface area contributed by atoms with Crippen molar-refractivity contribution in [2.24, 2.45) is 0 Å². The molecule has 1 saturated heterocycles. The summed E-state index contributed by atoms with van der Waals surface area (Å²) in [5.41, 5.74) is -0.184. The number of nitro benzene ring substituents is 1. The van der Waals surface area contributed by atoms with E-state index in [0.29, 0.717) is 0 Å². The molecule has 0 amide bonds. The zero-order valence-corrected chi connectivity index (χ0v) is 11.0. The van der Waals surface area contributed by atoms with Gasteiger partial charge >= 0.3 is 5.97 Å². The first-order chi connectivity index (χ1) is 10.3. The third kappa shape index (κ3) is 3.14. The van der Waals surface area contributed by atoms with E-state index in [-0.39, 0.29) is 11.4 Å². The Labute approximate surface area is 123 Å². The van der Waals surface area contributed by atoms with Gasteiger partial charge in [0.2, 0.25) is 6.29 Å². The van der Waals surface area contributed by atoms with Crippen molar-refractivity contribution in [2.45, 2.75) is 30.7 Å². The molecule has 10 nitrogen and oxygen atoms in total. The van der Waals surface area contributed by atoms with E-state index < -0.39 is 41.6 Å². The van der Waals surface area contributed by atoms with Crippen LogP contribution < -0.4 is 4.74 Å². The zero-order valence-electron chi connectivity index (χ0n) is 11.0. The maximum atomic E-state index is 10.9. The number of aliphatic hydroxyl groups is 3. The normalized spacial score (nSPS) is 31.5. The summed E-state index contributed by atoms with van der Waals surface area (Å²) in [6.07, 6.45) is -8.62. The van der Waals surface area contributed by atoms with Crippen molar-refractivity contribution < 1.29 is 39.6 Å². The molecule has 0 spiro atoms. The predicted octanol–water partition coefficient (Wildman–Crippen LogP) is -1.13. The van der Waals surface area contributed by atoms with Gasteiger partial charge in [0, 0.05) is 12.1 Å². The number of carbonyl (C=O) groups is 1. The van der Waals surface area contributed by atoms with Crippen LogP contribution in [0, 0.1) is 10.1 Å². The molecule has 120 valence electrons. The Bertz CT molecular complexity index is 560. The summed E-state index contributed by atoms with van der Waals surface area (Å²) in [6, 6.07) is 4.73. The number of hydrogen-bond acceptors (Lipinski definition) is 8. The summed E-state index contributed by atoms with van der Waals surface area (Å²) in [6.45, 7) is 0. The fourth-order valence-electron chi connectivity index (χ4n) is 1.93. The van der Waals surface area contributed by atoms with Crippen LogP contribution in [-0.2, 0) is 9.53 Å². The summed E-state index contributed by atoms with van der Waals surface area (Å²) >= 11 is 0. The molecule has 0 saturated carbocycles. The second-order valence-electron chi connectivity index (χ2n) is 4.60. The summed E-state index contributed by atoms with van der Waals surface area (Å²) in [5.74, 6) is -1.47. The molecule has 1 heterocycles. The van der Waals surface area contributed by atoms with Gasteiger partial charge in [0.25, 0.3) is 5.69 Å². The molecule has 22 heavy (non-hydrogen) atoms. The molecule has 2 rings (SSSR count). The lowest BCUT2D eigenvalue weighted by Crippen LogP contribution is -2.61. The highest BCUT2D eigenvalue weighted by molar-refractivity contribution is 5.73. The molecule has 0 aromatic heterocycles. The van der Waals surface area contributed by atoms with E-state index in [1.54, 1.807) is 0 Å². The molecule has 1 aromatic rings. The summed E-state index contributed by atoms with van der Waals surface area (Å²) in [4.78, 5) is 20.8. The van der Waals surface area contributed by atoms with Crippen molar-refractivity contribution in [1.29, 1.82) is 0 Å². The van der Waals surface area contributed by atoms with Crippen LogP contribution in [0.4, 0.5) is 5.69 Å². The van der Waals surface area contributed by atoms with E-state index in [1.807, 2.05) is 0 Å². The van der Waals surface area contributed by atoms with Gasteiger partial charge in [0.1, 0.15) is 24.1 Å². The highest BCUT2D eigenvalue weighted by Gasteiger charge is 2.48. The van der Waals surface area contributed by atoms with Crippen LogP contribution >= 0.6 is 0 Å². The van der Waals surface area contributed by atoms with Gasteiger partial charge in [0.05, 0.1) is 4.92 Å². The average molecular weight is 315 g/mol. The fourth-order valence-corrected chi connectivity index (χ4v) is 1.93. The Morgan fingerprint density at radius 3 is 2.23 bits per heavy atom. The Hall–Kier alpha value is -2.27. The maximum absolute atomic E-state index is 10.9. The highest BCUT2D eigenvalue weighted by Crippen LogP contribution is 2.25. The topological polar surface area (TPSA) is 160 Å². The smallest absolute Gasteiger partial charge is 0.335 e. The second kappa shape index (κ2) is 6.23. The lowest BCUT2D eigenvalue weighted by molar-refractivity contribution is -0.384. The monoisotopic (exact) mass is 315 g/mol. The van der Waals surface area contributed by atoms with Crippen molar-refractivity contribution in [2.75, 3.05) is 0 Å². The van der Waals surface area contributed by atoms with Crippen molar-refractivity contribution in [3.8, 4) is 5.75 Å². The van der Waals surface area contributed by atoms with E-state index in [4.69, 9.17) is 14.6 Å². The second-order valence-corrected chi connectivity index (χ2v) is 4.60. The minimum atomic E-state index is -1.82.